The van der Waals surface area contributed by atoms with Gasteiger partial charge < -0.3 is 5.73 Å². The zero-order chi connectivity index (χ0) is 9.42. The lowest BCUT2D eigenvalue weighted by Gasteiger charge is -2.23. The van der Waals surface area contributed by atoms with E-state index in [-0.39, 0.29) is 6.04 Å². The normalized spacial score (nSPS) is 21.3. The topological polar surface area (TPSA) is 26.0 Å². The Bertz CT molecular complexity index is 336. The van der Waals surface area contributed by atoms with Gasteiger partial charge in [-0.3, -0.25) is 0 Å². The standard InChI is InChI=1S/C10H11Cl2N/c11-7-4-6-2-1-3-9(13)10(6)8(12)5-7/h4-5,9H,1-3,13H2. The van der Waals surface area contributed by atoms with Crippen LogP contribution in [0.5, 0.6) is 0 Å². The summed E-state index contributed by atoms with van der Waals surface area (Å²) in [7, 11) is 0. The van der Waals surface area contributed by atoms with Crippen molar-refractivity contribution in [3.63, 3.8) is 0 Å². The number of hydrogen-bond donors (Lipinski definition) is 1. The molecule has 0 spiro atoms. The molecule has 13 heavy (non-hydrogen) atoms. The molecule has 0 radical (unpaired) electrons. The van der Waals surface area contributed by atoms with Gasteiger partial charge in [0.1, 0.15) is 0 Å². The number of benzene rings is 1. The van der Waals surface area contributed by atoms with Gasteiger partial charge >= 0.3 is 0 Å². The van der Waals surface area contributed by atoms with Crippen LogP contribution in [0.25, 0.3) is 0 Å². The van der Waals surface area contributed by atoms with Gasteiger partial charge in [-0.05, 0) is 42.5 Å². The number of hydrogen-bond acceptors (Lipinski definition) is 1. The van der Waals surface area contributed by atoms with E-state index < -0.39 is 0 Å². The van der Waals surface area contributed by atoms with Crippen molar-refractivity contribution in [2.45, 2.75) is 25.3 Å². The van der Waals surface area contributed by atoms with E-state index in [1.165, 1.54) is 5.56 Å². The molecular weight excluding hydrogens is 205 g/mol. The maximum atomic E-state index is 6.08. The highest BCUT2D eigenvalue weighted by atomic mass is 35.5. The predicted molar refractivity (Wildman–Crippen MR) is 56.3 cm³/mol. The lowest BCUT2D eigenvalue weighted by molar-refractivity contribution is 0.571. The molecule has 1 aromatic carbocycles. The van der Waals surface area contributed by atoms with Gasteiger partial charge in [-0.15, -0.1) is 0 Å². The molecule has 3 heteroatoms. The molecule has 0 aromatic heterocycles. The average Bonchev–Trinajstić information content (AvgIpc) is 2.02. The molecule has 0 aliphatic heterocycles. The molecule has 2 rings (SSSR count). The number of fused-ring (bicyclic) bond motifs is 1. The van der Waals surface area contributed by atoms with Crippen LogP contribution in [0.3, 0.4) is 0 Å². The third kappa shape index (κ3) is 1.69. The van der Waals surface area contributed by atoms with Gasteiger partial charge in [-0.25, -0.2) is 0 Å². The van der Waals surface area contributed by atoms with E-state index in [1.807, 2.05) is 6.07 Å². The van der Waals surface area contributed by atoms with E-state index in [0.29, 0.717) is 5.02 Å². The lowest BCUT2D eigenvalue weighted by atomic mass is 9.88. The smallest absolute Gasteiger partial charge is 0.0471 e. The van der Waals surface area contributed by atoms with Crippen molar-refractivity contribution in [2.75, 3.05) is 0 Å². The summed E-state index contributed by atoms with van der Waals surface area (Å²) in [5.41, 5.74) is 8.28. The van der Waals surface area contributed by atoms with E-state index >= 15 is 0 Å². The van der Waals surface area contributed by atoms with E-state index in [4.69, 9.17) is 28.9 Å². The van der Waals surface area contributed by atoms with Crippen LogP contribution in [0.2, 0.25) is 10.0 Å². The summed E-state index contributed by atoms with van der Waals surface area (Å²) in [6.45, 7) is 0. The summed E-state index contributed by atoms with van der Waals surface area (Å²) in [6, 6.07) is 3.84. The molecule has 1 aliphatic rings. The number of nitrogens with two attached hydrogens (primary N) is 1. The van der Waals surface area contributed by atoms with Crippen molar-refractivity contribution in [2.24, 2.45) is 5.73 Å². The maximum absolute atomic E-state index is 6.08. The first-order valence-electron chi connectivity index (χ1n) is 4.42. The van der Waals surface area contributed by atoms with Gasteiger partial charge in [0.05, 0.1) is 0 Å². The highest BCUT2D eigenvalue weighted by Gasteiger charge is 2.19. The van der Waals surface area contributed by atoms with Crippen molar-refractivity contribution in [3.8, 4) is 0 Å². The van der Waals surface area contributed by atoms with Crippen molar-refractivity contribution in [1.82, 2.24) is 0 Å². The van der Waals surface area contributed by atoms with Crippen molar-refractivity contribution >= 4 is 23.2 Å². The number of halogens is 2. The Labute approximate surface area is 87.8 Å². The van der Waals surface area contributed by atoms with Gasteiger partial charge in [0.2, 0.25) is 0 Å². The first kappa shape index (κ1) is 9.32. The SMILES string of the molecule is NC1CCCc2cc(Cl)cc(Cl)c21. The van der Waals surface area contributed by atoms with Gasteiger partial charge in [-0.1, -0.05) is 23.2 Å². The Morgan fingerprint density at radius 2 is 2.08 bits per heavy atom. The van der Waals surface area contributed by atoms with Crippen LogP contribution in [0.15, 0.2) is 12.1 Å². The number of rotatable bonds is 0. The fraction of sp³-hybridized carbons (Fsp3) is 0.400. The molecule has 0 fully saturated rings. The fourth-order valence-corrected chi connectivity index (χ4v) is 2.59. The minimum absolute atomic E-state index is 0.0912. The second-order valence-corrected chi connectivity index (χ2v) is 4.30. The van der Waals surface area contributed by atoms with Crippen molar-refractivity contribution in [3.05, 3.63) is 33.3 Å². The first-order valence-corrected chi connectivity index (χ1v) is 5.17. The van der Waals surface area contributed by atoms with Gasteiger partial charge in [0.15, 0.2) is 0 Å². The van der Waals surface area contributed by atoms with Crippen LogP contribution >= 0.6 is 23.2 Å². The summed E-state index contributed by atoms with van der Waals surface area (Å²) in [5.74, 6) is 0. The largest absolute Gasteiger partial charge is 0.324 e. The number of aryl methyl sites for hydroxylation is 1. The highest BCUT2D eigenvalue weighted by Crippen LogP contribution is 2.35. The first-order chi connectivity index (χ1) is 6.18. The molecule has 2 N–H and O–H groups in total. The van der Waals surface area contributed by atoms with Crippen LogP contribution in [0.1, 0.15) is 30.0 Å². The summed E-state index contributed by atoms with van der Waals surface area (Å²) < 4.78 is 0. The van der Waals surface area contributed by atoms with Crippen molar-refractivity contribution in [1.29, 1.82) is 0 Å². The third-order valence-corrected chi connectivity index (χ3v) is 3.04. The van der Waals surface area contributed by atoms with Crippen LogP contribution in [-0.4, -0.2) is 0 Å². The zero-order valence-corrected chi connectivity index (χ0v) is 8.70. The van der Waals surface area contributed by atoms with E-state index in [2.05, 4.69) is 0 Å². The molecule has 0 heterocycles. The second-order valence-electron chi connectivity index (χ2n) is 3.46. The molecule has 70 valence electrons. The Kier molecular flexibility index (Phi) is 2.50. The molecule has 1 nitrogen and oxygen atoms in total. The lowest BCUT2D eigenvalue weighted by Crippen LogP contribution is -2.17. The van der Waals surface area contributed by atoms with Gasteiger partial charge in [-0.2, -0.15) is 0 Å². The fourth-order valence-electron chi connectivity index (χ4n) is 1.92. The molecule has 1 aliphatic carbocycles. The summed E-state index contributed by atoms with van der Waals surface area (Å²) >= 11 is 12.0. The Balaban J connectivity index is 2.56. The summed E-state index contributed by atoms with van der Waals surface area (Å²) in [5, 5.41) is 1.42. The molecular formula is C10H11Cl2N. The maximum Gasteiger partial charge on any atom is 0.0471 e. The molecule has 1 unspecified atom stereocenters. The van der Waals surface area contributed by atoms with Gasteiger partial charge in [0, 0.05) is 16.1 Å². The minimum Gasteiger partial charge on any atom is -0.324 e. The van der Waals surface area contributed by atoms with Crippen LogP contribution < -0.4 is 5.73 Å². The second kappa shape index (κ2) is 3.49. The van der Waals surface area contributed by atoms with E-state index in [0.717, 1.165) is 29.8 Å². The zero-order valence-electron chi connectivity index (χ0n) is 7.19. The van der Waals surface area contributed by atoms with Crippen molar-refractivity contribution < 1.29 is 0 Å². The Morgan fingerprint density at radius 3 is 2.85 bits per heavy atom. The van der Waals surface area contributed by atoms with Crippen LogP contribution in [-0.2, 0) is 6.42 Å². The quantitative estimate of drug-likeness (QED) is 0.707. The summed E-state index contributed by atoms with van der Waals surface area (Å²) in [6.07, 6.45) is 3.20. The third-order valence-electron chi connectivity index (χ3n) is 2.51. The van der Waals surface area contributed by atoms with Crippen LogP contribution in [0, 0.1) is 0 Å². The van der Waals surface area contributed by atoms with E-state index in [9.17, 15) is 0 Å². The summed E-state index contributed by atoms with van der Waals surface area (Å²) in [4.78, 5) is 0. The monoisotopic (exact) mass is 215 g/mol. The van der Waals surface area contributed by atoms with Gasteiger partial charge in [0.25, 0.3) is 0 Å². The Morgan fingerprint density at radius 1 is 1.31 bits per heavy atom. The molecule has 0 saturated carbocycles. The van der Waals surface area contributed by atoms with E-state index in [1.54, 1.807) is 6.07 Å². The Hall–Kier alpha value is -0.240. The molecule has 0 bridgehead atoms. The molecule has 0 saturated heterocycles. The predicted octanol–water partition coefficient (Wildman–Crippen LogP) is 3.33. The molecule has 0 amide bonds. The molecule has 1 aromatic rings. The average molecular weight is 216 g/mol. The minimum atomic E-state index is 0.0912. The van der Waals surface area contributed by atoms with Crippen LogP contribution in [0.4, 0.5) is 0 Å². The highest BCUT2D eigenvalue weighted by molar-refractivity contribution is 6.35. The molecule has 1 atom stereocenters.